The van der Waals surface area contributed by atoms with Gasteiger partial charge in [0, 0.05) is 23.9 Å². The molecule has 0 fully saturated rings. The number of methoxy groups -OCH3 is 1. The van der Waals surface area contributed by atoms with Crippen molar-refractivity contribution >= 4 is 0 Å². The second-order valence-electron chi connectivity index (χ2n) is 4.89. The molecule has 1 aromatic heterocycles. The molecule has 4 heteroatoms. The third kappa shape index (κ3) is 3.48. The molecular formula is C19H15FNO2. The Balaban J connectivity index is 1.95. The smallest absolute Gasteiger partial charge is 0.153 e. The molecule has 0 saturated carbocycles. The lowest BCUT2D eigenvalue weighted by Crippen LogP contribution is -1.99. The van der Waals surface area contributed by atoms with Crippen LogP contribution in [0.25, 0.3) is 11.3 Å². The van der Waals surface area contributed by atoms with Gasteiger partial charge >= 0.3 is 0 Å². The van der Waals surface area contributed by atoms with E-state index in [0.717, 1.165) is 5.56 Å². The number of pyridine rings is 1. The molecule has 0 aliphatic heterocycles. The van der Waals surface area contributed by atoms with Crippen molar-refractivity contribution in [3.8, 4) is 22.8 Å². The molecule has 115 valence electrons. The van der Waals surface area contributed by atoms with E-state index in [0.29, 0.717) is 29.4 Å². The monoisotopic (exact) mass is 308 g/mol. The fourth-order valence-corrected chi connectivity index (χ4v) is 2.25. The van der Waals surface area contributed by atoms with Gasteiger partial charge in [-0.2, -0.15) is 0 Å². The van der Waals surface area contributed by atoms with Gasteiger partial charge in [0.05, 0.1) is 7.11 Å². The molecule has 0 atom stereocenters. The lowest BCUT2D eigenvalue weighted by atomic mass is 10.1. The van der Waals surface area contributed by atoms with Gasteiger partial charge in [-0.25, -0.2) is 4.39 Å². The molecule has 3 nitrogen and oxygen atoms in total. The molecule has 23 heavy (non-hydrogen) atoms. The second kappa shape index (κ2) is 6.92. The maximum absolute atomic E-state index is 13.6. The Kier molecular flexibility index (Phi) is 4.52. The molecule has 0 amide bonds. The van der Waals surface area contributed by atoms with E-state index in [-0.39, 0.29) is 5.82 Å². The minimum Gasteiger partial charge on any atom is -0.494 e. The second-order valence-corrected chi connectivity index (χ2v) is 4.89. The molecule has 3 rings (SSSR count). The normalized spacial score (nSPS) is 10.3. The van der Waals surface area contributed by atoms with Crippen molar-refractivity contribution in [3.05, 3.63) is 78.2 Å². The summed E-state index contributed by atoms with van der Waals surface area (Å²) in [7, 11) is 1.55. The number of ether oxygens (including phenoxy) is 2. The van der Waals surface area contributed by atoms with Gasteiger partial charge in [-0.1, -0.05) is 30.3 Å². The van der Waals surface area contributed by atoms with Crippen LogP contribution in [0.1, 0.15) is 5.56 Å². The van der Waals surface area contributed by atoms with Crippen LogP contribution in [0.2, 0.25) is 0 Å². The highest BCUT2D eigenvalue weighted by Gasteiger charge is 2.14. The van der Waals surface area contributed by atoms with Gasteiger partial charge < -0.3 is 9.47 Å². The van der Waals surface area contributed by atoms with Crippen molar-refractivity contribution in [3.63, 3.8) is 0 Å². The number of rotatable bonds is 5. The predicted molar refractivity (Wildman–Crippen MR) is 85.8 cm³/mol. The summed E-state index contributed by atoms with van der Waals surface area (Å²) < 4.78 is 24.7. The van der Waals surface area contributed by atoms with Gasteiger partial charge in [-0.3, -0.25) is 4.98 Å². The van der Waals surface area contributed by atoms with E-state index in [4.69, 9.17) is 9.47 Å². The lowest BCUT2D eigenvalue weighted by molar-refractivity contribution is 0.305. The van der Waals surface area contributed by atoms with Crippen LogP contribution >= 0.6 is 0 Å². The molecule has 3 aromatic rings. The first-order valence-electron chi connectivity index (χ1n) is 7.15. The summed E-state index contributed by atoms with van der Waals surface area (Å²) in [6, 6.07) is 18.7. The van der Waals surface area contributed by atoms with Gasteiger partial charge in [0.25, 0.3) is 0 Å². The van der Waals surface area contributed by atoms with E-state index in [1.54, 1.807) is 25.4 Å². The third-order valence-electron chi connectivity index (χ3n) is 3.35. The van der Waals surface area contributed by atoms with Crippen molar-refractivity contribution in [2.24, 2.45) is 0 Å². The molecule has 0 spiro atoms. The molecular weight excluding hydrogens is 293 g/mol. The van der Waals surface area contributed by atoms with E-state index >= 15 is 0 Å². The van der Waals surface area contributed by atoms with Crippen LogP contribution < -0.4 is 9.47 Å². The Bertz CT molecular complexity index is 790. The lowest BCUT2D eigenvalue weighted by Gasteiger charge is -2.13. The van der Waals surface area contributed by atoms with Crippen LogP contribution in [-0.4, -0.2) is 12.1 Å². The molecule has 1 radical (unpaired) electrons. The first kappa shape index (κ1) is 15.0. The van der Waals surface area contributed by atoms with Crippen LogP contribution in [0.15, 0.2) is 60.8 Å². The Morgan fingerprint density at radius 3 is 2.74 bits per heavy atom. The zero-order valence-corrected chi connectivity index (χ0v) is 12.6. The standard InChI is InChI=1S/C19H15FNO2/c1-22-17-8-5-11-21-19(17)16-10-9-15(20)12-18(16)23-13-14-6-3-2-4-7-14/h2-7,9-12H,13H2,1H3. The van der Waals surface area contributed by atoms with Crippen molar-refractivity contribution in [1.29, 1.82) is 0 Å². The Hall–Kier alpha value is -2.88. The van der Waals surface area contributed by atoms with Crippen molar-refractivity contribution < 1.29 is 13.9 Å². The largest absolute Gasteiger partial charge is 0.494 e. The number of aromatic nitrogens is 1. The quantitative estimate of drug-likeness (QED) is 0.705. The van der Waals surface area contributed by atoms with Gasteiger partial charge in [0.15, 0.2) is 5.75 Å². The van der Waals surface area contributed by atoms with E-state index in [1.807, 2.05) is 30.3 Å². The summed E-state index contributed by atoms with van der Waals surface area (Å²) in [5.41, 5.74) is 2.23. The summed E-state index contributed by atoms with van der Waals surface area (Å²) >= 11 is 0. The summed E-state index contributed by atoms with van der Waals surface area (Å²) in [5, 5.41) is 0. The average molecular weight is 308 g/mol. The highest BCUT2D eigenvalue weighted by atomic mass is 19.1. The van der Waals surface area contributed by atoms with E-state index < -0.39 is 0 Å². The highest BCUT2D eigenvalue weighted by Crippen LogP contribution is 2.35. The first-order valence-corrected chi connectivity index (χ1v) is 7.15. The summed E-state index contributed by atoms with van der Waals surface area (Å²) in [4.78, 5) is 4.31. The topological polar surface area (TPSA) is 31.4 Å². The van der Waals surface area contributed by atoms with E-state index in [2.05, 4.69) is 11.1 Å². The fraction of sp³-hybridized carbons (Fsp3) is 0.105. The number of nitrogens with zero attached hydrogens (tertiary/aromatic N) is 1. The SMILES string of the molecule is COc1[c]ccnc1-c1ccc(F)cc1OCc1ccccc1. The minimum atomic E-state index is -0.365. The molecule has 0 aliphatic rings. The molecule has 0 bridgehead atoms. The molecule has 0 aliphatic carbocycles. The van der Waals surface area contributed by atoms with Crippen molar-refractivity contribution in [2.45, 2.75) is 6.61 Å². The summed E-state index contributed by atoms with van der Waals surface area (Å²) in [6.07, 6.45) is 1.61. The number of halogens is 1. The maximum atomic E-state index is 13.6. The zero-order valence-electron chi connectivity index (χ0n) is 12.6. The highest BCUT2D eigenvalue weighted by molar-refractivity contribution is 5.72. The average Bonchev–Trinajstić information content (AvgIpc) is 2.61. The summed E-state index contributed by atoms with van der Waals surface area (Å²) in [5.74, 6) is 0.540. The minimum absolute atomic E-state index is 0.343. The van der Waals surface area contributed by atoms with Crippen LogP contribution in [0.5, 0.6) is 11.5 Å². The van der Waals surface area contributed by atoms with Gasteiger partial charge in [0.2, 0.25) is 0 Å². The van der Waals surface area contributed by atoms with Crippen molar-refractivity contribution in [2.75, 3.05) is 7.11 Å². The van der Waals surface area contributed by atoms with Gasteiger partial charge in [-0.15, -0.1) is 0 Å². The molecule has 0 saturated heterocycles. The molecule has 0 unspecified atom stereocenters. The Labute approximate surface area is 134 Å². The first-order chi connectivity index (χ1) is 11.3. The maximum Gasteiger partial charge on any atom is 0.153 e. The van der Waals surface area contributed by atoms with E-state index in [1.165, 1.54) is 12.1 Å². The van der Waals surface area contributed by atoms with Gasteiger partial charge in [-0.05, 0) is 23.8 Å². The molecule has 0 N–H and O–H groups in total. The van der Waals surface area contributed by atoms with Crippen LogP contribution in [-0.2, 0) is 6.61 Å². The number of hydrogen-bond donors (Lipinski definition) is 0. The van der Waals surface area contributed by atoms with E-state index in [9.17, 15) is 4.39 Å². The number of benzene rings is 2. The van der Waals surface area contributed by atoms with Crippen LogP contribution in [0, 0.1) is 11.9 Å². The zero-order chi connectivity index (χ0) is 16.1. The van der Waals surface area contributed by atoms with Gasteiger partial charge in [0.1, 0.15) is 23.9 Å². The Morgan fingerprint density at radius 1 is 1.13 bits per heavy atom. The molecule has 2 aromatic carbocycles. The molecule has 1 heterocycles. The third-order valence-corrected chi connectivity index (χ3v) is 3.35. The number of hydrogen-bond acceptors (Lipinski definition) is 3. The van der Waals surface area contributed by atoms with Crippen molar-refractivity contribution in [1.82, 2.24) is 4.98 Å². The van der Waals surface area contributed by atoms with Crippen LogP contribution in [0.4, 0.5) is 4.39 Å². The summed E-state index contributed by atoms with van der Waals surface area (Å²) in [6.45, 7) is 0.343. The Morgan fingerprint density at radius 2 is 1.96 bits per heavy atom. The van der Waals surface area contributed by atoms with Crippen LogP contribution in [0.3, 0.4) is 0 Å². The fourth-order valence-electron chi connectivity index (χ4n) is 2.25. The predicted octanol–water partition coefficient (Wildman–Crippen LogP) is 4.28.